The third-order valence-electron chi connectivity index (χ3n) is 3.80. The van der Waals surface area contributed by atoms with Gasteiger partial charge >= 0.3 is 5.97 Å². The topological polar surface area (TPSA) is 37.3 Å². The van der Waals surface area contributed by atoms with Crippen LogP contribution in [-0.4, -0.2) is 11.1 Å². The van der Waals surface area contributed by atoms with Crippen molar-refractivity contribution in [2.45, 2.75) is 32.6 Å². The number of carbonyl (C=O) groups is 1. The molecule has 0 aliphatic heterocycles. The molecule has 2 unspecified atom stereocenters. The minimum absolute atomic E-state index is 0.494. The van der Waals surface area contributed by atoms with Gasteiger partial charge in [0.2, 0.25) is 0 Å². The largest absolute Gasteiger partial charge is 0.481 e. The van der Waals surface area contributed by atoms with Crippen molar-refractivity contribution in [3.8, 4) is 0 Å². The smallest absolute Gasteiger partial charge is 0.309 e. The molecule has 17 heavy (non-hydrogen) atoms. The van der Waals surface area contributed by atoms with Gasteiger partial charge in [-0.3, -0.25) is 4.79 Å². The molecule has 1 aliphatic carbocycles. The maximum absolute atomic E-state index is 11.5. The van der Waals surface area contributed by atoms with Crippen molar-refractivity contribution in [2.75, 3.05) is 0 Å². The lowest BCUT2D eigenvalue weighted by Gasteiger charge is -2.24. The van der Waals surface area contributed by atoms with E-state index in [1.165, 1.54) is 0 Å². The summed E-state index contributed by atoms with van der Waals surface area (Å²) in [6, 6.07) is 7.53. The summed E-state index contributed by atoms with van der Waals surface area (Å²) in [6.45, 7) is 2.12. The molecule has 3 heteroatoms. The molecular weight excluding hydrogens is 236 g/mol. The molecule has 1 aliphatic rings. The molecule has 0 heterocycles. The Kier molecular flexibility index (Phi) is 3.43. The van der Waals surface area contributed by atoms with E-state index in [1.54, 1.807) is 0 Å². The van der Waals surface area contributed by atoms with Crippen LogP contribution in [0.1, 0.15) is 31.7 Å². The Morgan fingerprint density at radius 3 is 2.76 bits per heavy atom. The minimum atomic E-state index is -0.679. The van der Waals surface area contributed by atoms with Crippen LogP contribution in [0.5, 0.6) is 0 Å². The van der Waals surface area contributed by atoms with Gasteiger partial charge in [-0.2, -0.15) is 0 Å². The van der Waals surface area contributed by atoms with E-state index >= 15 is 0 Å². The molecule has 2 nitrogen and oxygen atoms in total. The molecule has 2 rings (SSSR count). The van der Waals surface area contributed by atoms with Crippen LogP contribution in [0.15, 0.2) is 24.3 Å². The predicted octanol–water partition coefficient (Wildman–Crippen LogP) is 3.77. The number of carboxylic acid groups (broad SMARTS) is 1. The quantitative estimate of drug-likeness (QED) is 0.889. The van der Waals surface area contributed by atoms with Crippen molar-refractivity contribution in [2.24, 2.45) is 11.3 Å². The van der Waals surface area contributed by atoms with Gasteiger partial charge in [-0.15, -0.1) is 0 Å². The highest BCUT2D eigenvalue weighted by atomic mass is 35.5. The van der Waals surface area contributed by atoms with Crippen LogP contribution >= 0.6 is 11.6 Å². The zero-order chi connectivity index (χ0) is 12.5. The highest BCUT2D eigenvalue weighted by Gasteiger charge is 2.44. The summed E-state index contributed by atoms with van der Waals surface area (Å²) in [5.74, 6) is -0.185. The Labute approximate surface area is 107 Å². The molecule has 0 saturated heterocycles. The second-order valence-electron chi connectivity index (χ2n) is 5.20. The van der Waals surface area contributed by atoms with Crippen molar-refractivity contribution in [1.29, 1.82) is 0 Å². The third kappa shape index (κ3) is 2.47. The number of halogens is 1. The fourth-order valence-electron chi connectivity index (χ4n) is 2.83. The maximum atomic E-state index is 11.5. The van der Waals surface area contributed by atoms with Crippen LogP contribution in [0.3, 0.4) is 0 Å². The van der Waals surface area contributed by atoms with E-state index < -0.39 is 11.4 Å². The monoisotopic (exact) mass is 252 g/mol. The van der Waals surface area contributed by atoms with E-state index in [1.807, 2.05) is 24.3 Å². The first-order chi connectivity index (χ1) is 8.03. The van der Waals surface area contributed by atoms with Crippen LogP contribution in [0.25, 0.3) is 0 Å². The summed E-state index contributed by atoms with van der Waals surface area (Å²) < 4.78 is 0. The molecule has 0 radical (unpaired) electrons. The summed E-state index contributed by atoms with van der Waals surface area (Å²) in [7, 11) is 0. The zero-order valence-corrected chi connectivity index (χ0v) is 10.7. The average Bonchev–Trinajstić information content (AvgIpc) is 2.65. The second kappa shape index (κ2) is 4.69. The van der Waals surface area contributed by atoms with Crippen LogP contribution in [0.4, 0.5) is 0 Å². The average molecular weight is 253 g/mol. The summed E-state index contributed by atoms with van der Waals surface area (Å²) >= 11 is 6.11. The Morgan fingerprint density at radius 2 is 2.24 bits per heavy atom. The third-order valence-corrected chi connectivity index (χ3v) is 4.16. The summed E-state index contributed by atoms with van der Waals surface area (Å²) in [6.07, 6.45) is 3.06. The van der Waals surface area contributed by atoms with Gasteiger partial charge in [0, 0.05) is 5.02 Å². The number of aliphatic carboxylic acids is 1. The number of benzene rings is 1. The van der Waals surface area contributed by atoms with Gasteiger partial charge in [0.25, 0.3) is 0 Å². The molecule has 92 valence electrons. The molecule has 1 N–H and O–H groups in total. The van der Waals surface area contributed by atoms with E-state index in [-0.39, 0.29) is 0 Å². The summed E-state index contributed by atoms with van der Waals surface area (Å²) in [5.41, 5.74) is 0.343. The highest BCUT2D eigenvalue weighted by molar-refractivity contribution is 6.31. The maximum Gasteiger partial charge on any atom is 0.309 e. The normalized spacial score (nSPS) is 28.2. The van der Waals surface area contributed by atoms with E-state index in [2.05, 4.69) is 6.92 Å². The molecular formula is C14H17ClO2. The zero-order valence-electron chi connectivity index (χ0n) is 9.95. The SMILES string of the molecule is CC1CCC(Cc2ccccc2Cl)(C(=O)O)C1. The van der Waals surface area contributed by atoms with Gasteiger partial charge in [0.15, 0.2) is 0 Å². The fraction of sp³-hybridized carbons (Fsp3) is 0.500. The lowest BCUT2D eigenvalue weighted by Crippen LogP contribution is -2.30. The predicted molar refractivity (Wildman–Crippen MR) is 68.2 cm³/mol. The lowest BCUT2D eigenvalue weighted by molar-refractivity contribution is -0.148. The van der Waals surface area contributed by atoms with Gasteiger partial charge in [-0.05, 0) is 43.2 Å². The van der Waals surface area contributed by atoms with E-state index in [4.69, 9.17) is 11.6 Å². The van der Waals surface area contributed by atoms with Gasteiger partial charge < -0.3 is 5.11 Å². The molecule has 0 spiro atoms. The lowest BCUT2D eigenvalue weighted by atomic mass is 9.79. The van der Waals surface area contributed by atoms with Crippen LogP contribution in [0.2, 0.25) is 5.02 Å². The first kappa shape index (κ1) is 12.4. The second-order valence-corrected chi connectivity index (χ2v) is 5.61. The van der Waals surface area contributed by atoms with Gasteiger partial charge in [-0.25, -0.2) is 0 Å². The number of carboxylic acids is 1. The van der Waals surface area contributed by atoms with E-state index in [9.17, 15) is 9.90 Å². The summed E-state index contributed by atoms with van der Waals surface area (Å²) in [5, 5.41) is 10.2. The molecule has 2 atom stereocenters. The minimum Gasteiger partial charge on any atom is -0.481 e. The number of hydrogen-bond acceptors (Lipinski definition) is 1. The van der Waals surface area contributed by atoms with E-state index in [0.717, 1.165) is 24.8 Å². The Hall–Kier alpha value is -1.02. The van der Waals surface area contributed by atoms with Crippen molar-refractivity contribution in [3.05, 3.63) is 34.9 Å². The van der Waals surface area contributed by atoms with Gasteiger partial charge in [0.1, 0.15) is 0 Å². The molecule has 1 aromatic carbocycles. The molecule has 0 aromatic heterocycles. The van der Waals surface area contributed by atoms with Crippen LogP contribution < -0.4 is 0 Å². The molecule has 0 amide bonds. The first-order valence-corrected chi connectivity index (χ1v) is 6.38. The Bertz CT molecular complexity index is 430. The number of hydrogen-bond donors (Lipinski definition) is 1. The molecule has 1 aromatic rings. The number of rotatable bonds is 3. The van der Waals surface area contributed by atoms with Gasteiger partial charge in [0.05, 0.1) is 5.41 Å². The fourth-order valence-corrected chi connectivity index (χ4v) is 3.03. The standard InChI is InChI=1S/C14H17ClO2/c1-10-6-7-14(8-10,13(16)17)9-11-4-2-3-5-12(11)15/h2-5,10H,6-9H2,1H3,(H,16,17). The van der Waals surface area contributed by atoms with Crippen molar-refractivity contribution >= 4 is 17.6 Å². The first-order valence-electron chi connectivity index (χ1n) is 6.00. The summed E-state index contributed by atoms with van der Waals surface area (Å²) in [4.78, 5) is 11.5. The highest BCUT2D eigenvalue weighted by Crippen LogP contribution is 2.45. The van der Waals surface area contributed by atoms with Crippen molar-refractivity contribution in [1.82, 2.24) is 0 Å². The molecule has 0 bridgehead atoms. The van der Waals surface area contributed by atoms with E-state index in [0.29, 0.717) is 17.4 Å². The van der Waals surface area contributed by atoms with Gasteiger partial charge in [-0.1, -0.05) is 36.7 Å². The molecule has 1 saturated carbocycles. The van der Waals surface area contributed by atoms with Crippen molar-refractivity contribution in [3.63, 3.8) is 0 Å². The Balaban J connectivity index is 2.26. The Morgan fingerprint density at radius 1 is 1.53 bits per heavy atom. The van der Waals surface area contributed by atoms with Crippen LogP contribution in [0, 0.1) is 11.3 Å². The van der Waals surface area contributed by atoms with Crippen LogP contribution in [-0.2, 0) is 11.2 Å². The van der Waals surface area contributed by atoms with Crippen molar-refractivity contribution < 1.29 is 9.90 Å². The molecule has 1 fully saturated rings.